The second-order valence-corrected chi connectivity index (χ2v) is 7.14. The van der Waals surface area contributed by atoms with E-state index in [1.165, 1.54) is 18.7 Å². The minimum absolute atomic E-state index is 0.499. The fourth-order valence-corrected chi connectivity index (χ4v) is 3.27. The SMILES string of the molecule is CC1CC(C)C(C)N(Cc2cccc(CNC(C)C)n2)C1. The number of rotatable bonds is 5. The molecule has 0 aromatic carbocycles. The van der Waals surface area contributed by atoms with Gasteiger partial charge in [0.1, 0.15) is 0 Å². The molecule has 3 unspecified atom stereocenters. The first-order chi connectivity index (χ1) is 9.95. The van der Waals surface area contributed by atoms with E-state index in [-0.39, 0.29) is 0 Å². The Kier molecular flexibility index (Phi) is 5.77. The summed E-state index contributed by atoms with van der Waals surface area (Å²) >= 11 is 0. The van der Waals surface area contributed by atoms with Gasteiger partial charge < -0.3 is 5.32 Å². The lowest BCUT2D eigenvalue weighted by Crippen LogP contribution is -2.45. The highest BCUT2D eigenvalue weighted by atomic mass is 15.2. The summed E-state index contributed by atoms with van der Waals surface area (Å²) in [6, 6.07) is 7.57. The highest BCUT2D eigenvalue weighted by Gasteiger charge is 2.28. The largest absolute Gasteiger partial charge is 0.309 e. The average molecular weight is 289 g/mol. The molecule has 0 amide bonds. The third-order valence-electron chi connectivity index (χ3n) is 4.64. The van der Waals surface area contributed by atoms with Gasteiger partial charge in [0.2, 0.25) is 0 Å². The van der Waals surface area contributed by atoms with Crippen LogP contribution in [0.4, 0.5) is 0 Å². The molecule has 1 aromatic rings. The minimum Gasteiger partial charge on any atom is -0.309 e. The topological polar surface area (TPSA) is 28.2 Å². The molecule has 2 rings (SSSR count). The van der Waals surface area contributed by atoms with Gasteiger partial charge >= 0.3 is 0 Å². The number of hydrogen-bond acceptors (Lipinski definition) is 3. The van der Waals surface area contributed by atoms with Crippen molar-refractivity contribution in [3.8, 4) is 0 Å². The van der Waals surface area contributed by atoms with Gasteiger partial charge in [0.05, 0.1) is 11.4 Å². The number of piperidine rings is 1. The molecule has 0 saturated carbocycles. The zero-order valence-corrected chi connectivity index (χ0v) is 14.3. The third-order valence-corrected chi connectivity index (χ3v) is 4.64. The Bertz CT molecular complexity index is 444. The van der Waals surface area contributed by atoms with Gasteiger partial charge in [-0.3, -0.25) is 9.88 Å². The van der Waals surface area contributed by atoms with Crippen LogP contribution in [0.15, 0.2) is 18.2 Å². The predicted octanol–water partition coefficient (Wildman–Crippen LogP) is 3.45. The Hall–Kier alpha value is -0.930. The lowest BCUT2D eigenvalue weighted by Gasteiger charge is -2.41. The van der Waals surface area contributed by atoms with Crippen LogP contribution in [-0.4, -0.2) is 28.5 Å². The van der Waals surface area contributed by atoms with Crippen LogP contribution < -0.4 is 5.32 Å². The molecule has 1 aliphatic rings. The van der Waals surface area contributed by atoms with Crippen molar-refractivity contribution in [1.29, 1.82) is 0 Å². The van der Waals surface area contributed by atoms with E-state index < -0.39 is 0 Å². The summed E-state index contributed by atoms with van der Waals surface area (Å²) in [5, 5.41) is 3.44. The van der Waals surface area contributed by atoms with Crippen molar-refractivity contribution < 1.29 is 0 Å². The molecule has 1 fully saturated rings. The van der Waals surface area contributed by atoms with Crippen molar-refractivity contribution in [2.24, 2.45) is 11.8 Å². The van der Waals surface area contributed by atoms with Gasteiger partial charge in [0, 0.05) is 31.7 Å². The molecule has 3 heteroatoms. The van der Waals surface area contributed by atoms with Gasteiger partial charge in [-0.2, -0.15) is 0 Å². The predicted molar refractivity (Wildman–Crippen MR) is 89.0 cm³/mol. The van der Waals surface area contributed by atoms with Crippen LogP contribution in [-0.2, 0) is 13.1 Å². The first kappa shape index (κ1) is 16.4. The Morgan fingerprint density at radius 3 is 2.67 bits per heavy atom. The monoisotopic (exact) mass is 289 g/mol. The van der Waals surface area contributed by atoms with Crippen LogP contribution in [0.25, 0.3) is 0 Å². The number of aromatic nitrogens is 1. The summed E-state index contributed by atoms with van der Waals surface area (Å²) in [6.07, 6.45) is 1.35. The van der Waals surface area contributed by atoms with Crippen molar-refractivity contribution in [3.63, 3.8) is 0 Å². The average Bonchev–Trinajstić information content (AvgIpc) is 2.42. The standard InChI is InChI=1S/C18H31N3/c1-13(2)19-10-17-7-6-8-18(20-17)12-21-11-14(3)9-15(4)16(21)5/h6-8,13-16,19H,9-12H2,1-5H3. The van der Waals surface area contributed by atoms with Gasteiger partial charge in [-0.1, -0.05) is 33.8 Å². The molecule has 0 spiro atoms. The van der Waals surface area contributed by atoms with E-state index in [9.17, 15) is 0 Å². The maximum atomic E-state index is 4.82. The van der Waals surface area contributed by atoms with Crippen molar-refractivity contribution >= 4 is 0 Å². The van der Waals surface area contributed by atoms with Crippen LogP contribution >= 0.6 is 0 Å². The molecule has 3 nitrogen and oxygen atoms in total. The maximum absolute atomic E-state index is 4.82. The van der Waals surface area contributed by atoms with Gasteiger partial charge in [-0.05, 0) is 37.3 Å². The molecule has 0 radical (unpaired) electrons. The fourth-order valence-electron chi connectivity index (χ4n) is 3.27. The first-order valence-electron chi connectivity index (χ1n) is 8.38. The summed E-state index contributed by atoms with van der Waals surface area (Å²) < 4.78 is 0. The van der Waals surface area contributed by atoms with E-state index in [1.54, 1.807) is 0 Å². The molecule has 21 heavy (non-hydrogen) atoms. The number of likely N-dealkylation sites (tertiary alicyclic amines) is 1. The van der Waals surface area contributed by atoms with Crippen LogP contribution in [0.3, 0.4) is 0 Å². The third kappa shape index (κ3) is 4.79. The molecule has 1 aliphatic heterocycles. The summed E-state index contributed by atoms with van der Waals surface area (Å²) in [4.78, 5) is 7.42. The fraction of sp³-hybridized carbons (Fsp3) is 0.722. The Balaban J connectivity index is 2.00. The number of pyridine rings is 1. The zero-order valence-electron chi connectivity index (χ0n) is 14.3. The number of hydrogen-bond donors (Lipinski definition) is 1. The highest BCUT2D eigenvalue weighted by Crippen LogP contribution is 2.27. The Morgan fingerprint density at radius 1 is 1.24 bits per heavy atom. The minimum atomic E-state index is 0.499. The summed E-state index contributed by atoms with van der Waals surface area (Å²) in [5.41, 5.74) is 2.35. The molecule has 1 saturated heterocycles. The van der Waals surface area contributed by atoms with Gasteiger partial charge in [0.15, 0.2) is 0 Å². The quantitative estimate of drug-likeness (QED) is 0.900. The van der Waals surface area contributed by atoms with E-state index in [1.807, 2.05) is 0 Å². The Morgan fingerprint density at radius 2 is 1.95 bits per heavy atom. The summed E-state index contributed by atoms with van der Waals surface area (Å²) in [6.45, 7) is 14.5. The van der Waals surface area contributed by atoms with E-state index in [4.69, 9.17) is 4.98 Å². The van der Waals surface area contributed by atoms with Crippen molar-refractivity contribution in [2.75, 3.05) is 6.54 Å². The summed E-state index contributed by atoms with van der Waals surface area (Å²) in [7, 11) is 0. The second-order valence-electron chi connectivity index (χ2n) is 7.14. The zero-order chi connectivity index (χ0) is 15.4. The van der Waals surface area contributed by atoms with E-state index in [0.717, 1.165) is 30.6 Å². The second kappa shape index (κ2) is 7.37. The van der Waals surface area contributed by atoms with E-state index in [0.29, 0.717) is 12.1 Å². The van der Waals surface area contributed by atoms with Gasteiger partial charge in [-0.25, -0.2) is 0 Å². The molecular weight excluding hydrogens is 258 g/mol. The molecule has 2 heterocycles. The van der Waals surface area contributed by atoms with Crippen molar-refractivity contribution in [1.82, 2.24) is 15.2 Å². The molecule has 0 aliphatic carbocycles. The van der Waals surface area contributed by atoms with E-state index >= 15 is 0 Å². The summed E-state index contributed by atoms with van der Waals surface area (Å²) in [5.74, 6) is 1.57. The smallest absolute Gasteiger partial charge is 0.0547 e. The van der Waals surface area contributed by atoms with Crippen LogP contribution in [0, 0.1) is 11.8 Å². The molecule has 0 bridgehead atoms. The van der Waals surface area contributed by atoms with Gasteiger partial charge in [-0.15, -0.1) is 0 Å². The van der Waals surface area contributed by atoms with Gasteiger partial charge in [0.25, 0.3) is 0 Å². The number of nitrogens with zero attached hydrogens (tertiary/aromatic N) is 2. The van der Waals surface area contributed by atoms with E-state index in [2.05, 4.69) is 63.0 Å². The van der Waals surface area contributed by atoms with Crippen molar-refractivity contribution in [2.45, 2.75) is 66.2 Å². The maximum Gasteiger partial charge on any atom is 0.0547 e. The molecule has 3 atom stereocenters. The normalized spacial score (nSPS) is 27.2. The number of nitrogens with one attached hydrogen (secondary N) is 1. The molecular formula is C18H31N3. The lowest BCUT2D eigenvalue weighted by molar-refractivity contribution is 0.0718. The first-order valence-corrected chi connectivity index (χ1v) is 8.38. The molecule has 1 N–H and O–H groups in total. The molecule has 1 aromatic heterocycles. The van der Waals surface area contributed by atoms with Crippen LogP contribution in [0.5, 0.6) is 0 Å². The van der Waals surface area contributed by atoms with Crippen LogP contribution in [0.1, 0.15) is 52.4 Å². The lowest BCUT2D eigenvalue weighted by atomic mass is 9.86. The Labute approximate surface area is 130 Å². The van der Waals surface area contributed by atoms with Crippen LogP contribution in [0.2, 0.25) is 0 Å². The highest BCUT2D eigenvalue weighted by molar-refractivity contribution is 5.11. The molecule has 118 valence electrons. The van der Waals surface area contributed by atoms with Crippen molar-refractivity contribution in [3.05, 3.63) is 29.6 Å².